The average Bonchev–Trinajstić information content (AvgIpc) is 2.60. The van der Waals surface area contributed by atoms with Crippen molar-refractivity contribution in [1.29, 1.82) is 0 Å². The number of hydrogen-bond donors (Lipinski definition) is 2. The molecular weight excluding hydrogens is 346 g/mol. The lowest BCUT2D eigenvalue weighted by atomic mass is 9.74. The minimum atomic E-state index is -1.08. The first-order valence-corrected chi connectivity index (χ1v) is 9.16. The number of primary amides is 1. The molecule has 1 saturated carbocycles. The zero-order valence-corrected chi connectivity index (χ0v) is 15.5. The van der Waals surface area contributed by atoms with Crippen LogP contribution in [0.2, 0.25) is 5.02 Å². The summed E-state index contributed by atoms with van der Waals surface area (Å²) >= 11 is 5.99. The van der Waals surface area contributed by atoms with Gasteiger partial charge in [-0.15, -0.1) is 0 Å². The maximum absolute atomic E-state index is 11.8. The van der Waals surface area contributed by atoms with Crippen LogP contribution in [0.3, 0.4) is 0 Å². The first-order valence-electron chi connectivity index (χ1n) is 8.78. The number of nitrogens with two attached hydrogens (primary N) is 1. The van der Waals surface area contributed by atoms with Gasteiger partial charge in [-0.3, -0.25) is 4.79 Å². The molecule has 2 aromatic carbocycles. The molecule has 1 aliphatic rings. The number of carbonyl (C=O) groups is 1. The average molecular weight is 368 g/mol. The minimum absolute atomic E-state index is 0.0600. The first kappa shape index (κ1) is 18.5. The van der Waals surface area contributed by atoms with Gasteiger partial charge in [-0.25, -0.2) is 0 Å². The molecule has 3 nitrogen and oxygen atoms in total. The summed E-state index contributed by atoms with van der Waals surface area (Å²) in [6.07, 6.45) is 2.86. The largest absolute Gasteiger partial charge is 0.378 e. The van der Waals surface area contributed by atoms with E-state index in [1.54, 1.807) is 18.2 Å². The second-order valence-corrected chi connectivity index (χ2v) is 7.48. The predicted molar refractivity (Wildman–Crippen MR) is 104 cm³/mol. The van der Waals surface area contributed by atoms with Crippen molar-refractivity contribution in [2.45, 2.75) is 44.1 Å². The standard InChI is InChI=1S/C22H22ClNO2/c1-15-7-8-19(21(24)25)20(12-15)17-5-3-10-22(26,14-17)11-9-16-4-2-6-18(23)13-16/h2,4,6-8,12-13,17,26H,3,5,10,14H2,1H3,(H2,24,25)/t17-,22+/m0/s1. The summed E-state index contributed by atoms with van der Waals surface area (Å²) in [6.45, 7) is 1.99. The van der Waals surface area contributed by atoms with Crippen molar-refractivity contribution in [2.75, 3.05) is 0 Å². The number of halogens is 1. The number of rotatable bonds is 2. The molecule has 0 radical (unpaired) electrons. The third kappa shape index (κ3) is 4.27. The summed E-state index contributed by atoms with van der Waals surface area (Å²) in [4.78, 5) is 11.8. The summed E-state index contributed by atoms with van der Waals surface area (Å²) in [5.74, 6) is 5.70. The molecule has 4 heteroatoms. The zero-order valence-electron chi connectivity index (χ0n) is 14.8. The van der Waals surface area contributed by atoms with Crippen molar-refractivity contribution in [3.63, 3.8) is 0 Å². The highest BCUT2D eigenvalue weighted by Gasteiger charge is 2.34. The van der Waals surface area contributed by atoms with Crippen LogP contribution in [-0.2, 0) is 0 Å². The molecule has 1 fully saturated rings. The Morgan fingerprint density at radius 3 is 2.85 bits per heavy atom. The monoisotopic (exact) mass is 367 g/mol. The van der Waals surface area contributed by atoms with Gasteiger partial charge in [0.15, 0.2) is 0 Å². The Labute approximate surface area is 159 Å². The summed E-state index contributed by atoms with van der Waals surface area (Å²) in [6, 6.07) is 12.9. The van der Waals surface area contributed by atoms with Crippen LogP contribution in [0.5, 0.6) is 0 Å². The molecule has 26 heavy (non-hydrogen) atoms. The zero-order chi connectivity index (χ0) is 18.7. The maximum atomic E-state index is 11.8. The second-order valence-electron chi connectivity index (χ2n) is 7.04. The maximum Gasteiger partial charge on any atom is 0.248 e. The predicted octanol–water partition coefficient (Wildman–Crippen LogP) is 4.19. The van der Waals surface area contributed by atoms with E-state index in [-0.39, 0.29) is 5.92 Å². The molecule has 0 aromatic heterocycles. The molecule has 0 spiro atoms. The summed E-state index contributed by atoms with van der Waals surface area (Å²) < 4.78 is 0. The Hall–Kier alpha value is -2.28. The fraction of sp³-hybridized carbons (Fsp3) is 0.318. The van der Waals surface area contributed by atoms with Gasteiger partial charge in [-0.2, -0.15) is 0 Å². The van der Waals surface area contributed by atoms with Crippen LogP contribution in [0.15, 0.2) is 42.5 Å². The molecule has 0 bridgehead atoms. The Bertz CT molecular complexity index is 897. The quantitative estimate of drug-likeness (QED) is 0.782. The molecule has 134 valence electrons. The highest BCUT2D eigenvalue weighted by molar-refractivity contribution is 6.30. The van der Waals surface area contributed by atoms with E-state index in [4.69, 9.17) is 17.3 Å². The molecule has 3 N–H and O–H groups in total. The SMILES string of the molecule is Cc1ccc(C(N)=O)c([C@H]2CCC[C@@](O)(C#Cc3cccc(Cl)c3)C2)c1. The van der Waals surface area contributed by atoms with Crippen LogP contribution in [-0.4, -0.2) is 16.6 Å². The summed E-state index contributed by atoms with van der Waals surface area (Å²) in [7, 11) is 0. The van der Waals surface area contributed by atoms with Gasteiger partial charge < -0.3 is 10.8 Å². The van der Waals surface area contributed by atoms with E-state index in [0.29, 0.717) is 23.4 Å². The highest BCUT2D eigenvalue weighted by atomic mass is 35.5. The molecular formula is C22H22ClNO2. The molecule has 0 saturated heterocycles. The smallest absolute Gasteiger partial charge is 0.248 e. The fourth-order valence-corrected chi connectivity index (χ4v) is 3.82. The van der Waals surface area contributed by atoms with Gasteiger partial charge in [0.2, 0.25) is 5.91 Å². The number of benzene rings is 2. The van der Waals surface area contributed by atoms with E-state index in [0.717, 1.165) is 29.5 Å². The Kier molecular flexibility index (Phi) is 5.36. The molecule has 1 amide bonds. The molecule has 0 unspecified atom stereocenters. The van der Waals surface area contributed by atoms with E-state index < -0.39 is 11.5 Å². The van der Waals surface area contributed by atoms with Gasteiger partial charge >= 0.3 is 0 Å². The Morgan fingerprint density at radius 1 is 1.31 bits per heavy atom. The molecule has 3 rings (SSSR count). The molecule has 0 aliphatic heterocycles. The fourth-order valence-electron chi connectivity index (χ4n) is 3.63. The van der Waals surface area contributed by atoms with Crippen molar-refractivity contribution in [2.24, 2.45) is 5.73 Å². The lowest BCUT2D eigenvalue weighted by molar-refractivity contribution is 0.0517. The number of aliphatic hydroxyl groups is 1. The third-order valence-corrected chi connectivity index (χ3v) is 5.14. The van der Waals surface area contributed by atoms with E-state index in [1.807, 2.05) is 31.2 Å². The van der Waals surface area contributed by atoms with Crippen molar-refractivity contribution in [3.8, 4) is 11.8 Å². The van der Waals surface area contributed by atoms with Gasteiger partial charge in [-0.1, -0.05) is 47.2 Å². The van der Waals surface area contributed by atoms with Gasteiger partial charge in [0, 0.05) is 16.1 Å². The molecule has 1 aliphatic carbocycles. The van der Waals surface area contributed by atoms with Crippen molar-refractivity contribution in [3.05, 3.63) is 69.7 Å². The topological polar surface area (TPSA) is 63.3 Å². The number of aryl methyl sites for hydroxylation is 1. The summed E-state index contributed by atoms with van der Waals surface area (Å²) in [5, 5.41) is 11.6. The number of carbonyl (C=O) groups excluding carboxylic acids is 1. The van der Waals surface area contributed by atoms with Gasteiger partial charge in [0.25, 0.3) is 0 Å². The van der Waals surface area contributed by atoms with Crippen LogP contribution in [0.1, 0.15) is 58.6 Å². The van der Waals surface area contributed by atoms with Crippen LogP contribution in [0, 0.1) is 18.8 Å². The first-order chi connectivity index (χ1) is 12.4. The normalized spacial score (nSPS) is 22.3. The summed E-state index contributed by atoms with van der Waals surface area (Å²) in [5.41, 5.74) is 7.77. The van der Waals surface area contributed by atoms with E-state index in [2.05, 4.69) is 11.8 Å². The second kappa shape index (κ2) is 7.53. The third-order valence-electron chi connectivity index (χ3n) is 4.90. The Balaban J connectivity index is 1.88. The number of hydrogen-bond acceptors (Lipinski definition) is 2. The lowest BCUT2D eigenvalue weighted by Crippen LogP contribution is -2.33. The van der Waals surface area contributed by atoms with Crippen molar-refractivity contribution in [1.82, 2.24) is 0 Å². The van der Waals surface area contributed by atoms with Gasteiger partial charge in [0.1, 0.15) is 5.60 Å². The highest BCUT2D eigenvalue weighted by Crippen LogP contribution is 2.40. The van der Waals surface area contributed by atoms with Crippen LogP contribution in [0.4, 0.5) is 0 Å². The van der Waals surface area contributed by atoms with Crippen LogP contribution in [0.25, 0.3) is 0 Å². The van der Waals surface area contributed by atoms with Gasteiger partial charge in [-0.05, 0) is 68.4 Å². The van der Waals surface area contributed by atoms with Crippen LogP contribution < -0.4 is 5.73 Å². The number of amides is 1. The van der Waals surface area contributed by atoms with Crippen molar-refractivity contribution >= 4 is 17.5 Å². The van der Waals surface area contributed by atoms with Gasteiger partial charge in [0.05, 0.1) is 0 Å². The van der Waals surface area contributed by atoms with Crippen LogP contribution >= 0.6 is 11.6 Å². The van der Waals surface area contributed by atoms with E-state index in [1.165, 1.54) is 0 Å². The van der Waals surface area contributed by atoms with Crippen molar-refractivity contribution < 1.29 is 9.90 Å². The Morgan fingerprint density at radius 2 is 2.12 bits per heavy atom. The lowest BCUT2D eigenvalue weighted by Gasteiger charge is -2.34. The van der Waals surface area contributed by atoms with E-state index >= 15 is 0 Å². The van der Waals surface area contributed by atoms with E-state index in [9.17, 15) is 9.90 Å². The molecule has 0 heterocycles. The molecule has 2 aromatic rings. The minimum Gasteiger partial charge on any atom is -0.378 e. The molecule has 2 atom stereocenters.